The third-order valence-corrected chi connectivity index (χ3v) is 16.0. The summed E-state index contributed by atoms with van der Waals surface area (Å²) in [5.41, 5.74) is 25.0. The van der Waals surface area contributed by atoms with E-state index >= 15 is 4.79 Å². The Bertz CT molecular complexity index is 3300. The van der Waals surface area contributed by atoms with Crippen molar-refractivity contribution in [3.05, 3.63) is 102 Å². The first-order valence-corrected chi connectivity index (χ1v) is 31.5. The highest BCUT2D eigenvalue weighted by Crippen LogP contribution is 2.24. The van der Waals surface area contributed by atoms with Crippen molar-refractivity contribution in [2.45, 2.75) is 179 Å². The van der Waals surface area contributed by atoms with Gasteiger partial charge < -0.3 is 90.7 Å². The van der Waals surface area contributed by atoms with Crippen LogP contribution in [0.5, 0.6) is 5.75 Å². The Kier molecular flexibility index (Phi) is 28.7. The highest BCUT2D eigenvalue weighted by molar-refractivity contribution is 5.99. The van der Waals surface area contributed by atoms with E-state index in [0.717, 1.165) is 17.8 Å². The van der Waals surface area contributed by atoms with Crippen molar-refractivity contribution in [2.75, 3.05) is 13.1 Å². The number of phenolic OH excluding ortho intramolecular Hbond substituents is 1. The average molecular weight is 1310 g/mol. The van der Waals surface area contributed by atoms with Gasteiger partial charge in [-0.05, 0) is 98.1 Å². The van der Waals surface area contributed by atoms with E-state index < -0.39 is 156 Å². The second kappa shape index (κ2) is 36.0. The zero-order valence-corrected chi connectivity index (χ0v) is 54.2. The van der Waals surface area contributed by atoms with Crippen LogP contribution in [0.25, 0.3) is 10.9 Å². The molecule has 2 heterocycles. The van der Waals surface area contributed by atoms with E-state index in [1.54, 1.807) is 70.3 Å². The summed E-state index contributed by atoms with van der Waals surface area (Å²) in [6.45, 7) is 11.8. The van der Waals surface area contributed by atoms with Gasteiger partial charge in [-0.3, -0.25) is 52.9 Å². The number of H-pyrrole nitrogens is 1. The van der Waals surface area contributed by atoms with Crippen molar-refractivity contribution >= 4 is 81.9 Å². The Morgan fingerprint density at radius 1 is 0.596 bits per heavy atom. The number of aromatic hydroxyl groups is 1. The minimum absolute atomic E-state index is 0.00759. The van der Waals surface area contributed by atoms with Crippen LogP contribution in [-0.2, 0) is 72.0 Å². The maximum absolute atomic E-state index is 15.2. The second-order valence-electron chi connectivity index (χ2n) is 24.8. The normalized spacial score (nSPS) is 16.2. The van der Waals surface area contributed by atoms with E-state index in [-0.39, 0.29) is 69.2 Å². The summed E-state index contributed by atoms with van der Waals surface area (Å²) < 4.78 is 0. The predicted octanol–water partition coefficient (Wildman–Crippen LogP) is -0.759. The molecule has 29 heteroatoms. The fourth-order valence-electron chi connectivity index (χ4n) is 10.9. The van der Waals surface area contributed by atoms with Gasteiger partial charge in [0.25, 0.3) is 0 Å². The lowest BCUT2D eigenvalue weighted by Crippen LogP contribution is -2.62. The number of likely N-dealkylation sites (tertiary alicyclic amines) is 1. The largest absolute Gasteiger partial charge is 0.508 e. The zero-order chi connectivity index (χ0) is 69.5. The van der Waals surface area contributed by atoms with Crippen LogP contribution in [0.2, 0.25) is 0 Å². The fraction of sp³-hybridized carbons (Fsp3) is 0.508. The van der Waals surface area contributed by atoms with Gasteiger partial charge in [0.1, 0.15) is 60.1 Å². The van der Waals surface area contributed by atoms with Crippen LogP contribution >= 0.6 is 0 Å². The molecular formula is C65H93N15O14. The van der Waals surface area contributed by atoms with Crippen LogP contribution in [0.3, 0.4) is 0 Å². The summed E-state index contributed by atoms with van der Waals surface area (Å²) in [4.78, 5) is 162. The number of guanidine groups is 1. The molecular weight excluding hydrogens is 1210 g/mol. The number of aromatic amines is 1. The van der Waals surface area contributed by atoms with Crippen molar-refractivity contribution in [2.24, 2.45) is 45.7 Å². The van der Waals surface area contributed by atoms with E-state index in [9.17, 15) is 63.3 Å². The van der Waals surface area contributed by atoms with Gasteiger partial charge in [0.05, 0.1) is 12.1 Å². The first kappa shape index (κ1) is 75.1. The Morgan fingerprint density at radius 2 is 1.12 bits per heavy atom. The molecule has 10 amide bonds. The van der Waals surface area contributed by atoms with Gasteiger partial charge in [-0.15, -0.1) is 0 Å². The number of carbonyl (C=O) groups excluding carboxylic acids is 10. The first-order valence-electron chi connectivity index (χ1n) is 31.5. The number of hydrogen-bond acceptors (Lipinski definition) is 15. The van der Waals surface area contributed by atoms with E-state index in [1.165, 1.54) is 29.2 Å². The molecule has 0 radical (unpaired) electrons. The van der Waals surface area contributed by atoms with E-state index in [4.69, 9.17) is 22.9 Å². The number of rotatable bonds is 36. The maximum Gasteiger partial charge on any atom is 0.326 e. The van der Waals surface area contributed by atoms with Crippen molar-refractivity contribution < 1.29 is 68.1 Å². The van der Waals surface area contributed by atoms with Crippen molar-refractivity contribution in [1.29, 1.82) is 0 Å². The van der Waals surface area contributed by atoms with Crippen molar-refractivity contribution in [3.63, 3.8) is 0 Å². The summed E-state index contributed by atoms with van der Waals surface area (Å²) in [7, 11) is 0. The first-order chi connectivity index (χ1) is 44.4. The van der Waals surface area contributed by atoms with Gasteiger partial charge in [-0.25, -0.2) is 4.79 Å². The second-order valence-corrected chi connectivity index (χ2v) is 24.8. The smallest absolute Gasteiger partial charge is 0.326 e. The number of aromatic nitrogens is 1. The molecule has 94 heavy (non-hydrogen) atoms. The Hall–Kier alpha value is -9.64. The monoisotopic (exact) mass is 1310 g/mol. The van der Waals surface area contributed by atoms with Crippen molar-refractivity contribution in [3.8, 4) is 5.75 Å². The van der Waals surface area contributed by atoms with E-state index in [1.807, 2.05) is 32.0 Å². The number of aliphatic hydroxyl groups is 1. The molecule has 0 spiro atoms. The molecule has 0 saturated carbocycles. The van der Waals surface area contributed by atoms with Gasteiger partial charge in [-0.1, -0.05) is 102 Å². The third-order valence-electron chi connectivity index (χ3n) is 16.0. The number of nitrogens with two attached hydrogens (primary N) is 4. The molecule has 1 aliphatic rings. The van der Waals surface area contributed by atoms with E-state index in [2.05, 4.69) is 52.5 Å². The number of nitrogens with zero attached hydrogens (tertiary/aromatic N) is 2. The Balaban J connectivity index is 1.40. The standard InChI is InChI=1S/C65H93N15O14/c1-34(2)29-43(66)55(84)77-53(36(5)6)61(90)78-52(35(3)4)60(89)75-48(32-40-33-71-44-18-12-11-17-42(40)44)63(92)80-28-14-20-50(80)59(88)74-47(30-39-21-23-41(82)24-22-39)58(87)79-54(37(7)81)62(91)73-46(25-26-51(67)83)57(86)72-45(19-13-27-70-65(68)69)56(85)76-49(64(93)94)31-38-15-9-8-10-16-38/h8-12,15-18,21-24,33-37,43,45-50,52-54,71,81-82H,13-14,19-20,25-32,66H2,1-7H3,(H2,67,83)(H,72,86)(H,73,91)(H,74,88)(H,75,89)(H,76,85)(H,77,84)(H,78,90)(H,79,87)(H,93,94)(H4,68,69,70)/t37-,43+,45+,46+,47+,48+,49+,50+,52+,53+,54+/m1/s1. The number of aliphatic imine (C=N–C) groups is 1. The molecule has 1 saturated heterocycles. The predicted molar refractivity (Wildman–Crippen MR) is 349 cm³/mol. The lowest BCUT2D eigenvalue weighted by atomic mass is 9.97. The average Bonchev–Trinajstić information content (AvgIpc) is 1.60. The molecule has 0 bridgehead atoms. The van der Waals surface area contributed by atoms with Crippen LogP contribution in [0, 0.1) is 17.8 Å². The van der Waals surface area contributed by atoms with Crippen LogP contribution in [0.4, 0.5) is 0 Å². The molecule has 0 aliphatic carbocycles. The highest BCUT2D eigenvalue weighted by atomic mass is 16.4. The molecule has 5 rings (SSSR count). The number of aliphatic carboxylic acids is 1. The number of aliphatic hydroxyl groups excluding tert-OH is 1. The number of nitrogens with one attached hydrogen (secondary N) is 9. The summed E-state index contributed by atoms with van der Waals surface area (Å²) in [5.74, 6) is -11.1. The zero-order valence-electron chi connectivity index (χ0n) is 54.2. The van der Waals surface area contributed by atoms with Gasteiger partial charge in [0.15, 0.2) is 5.96 Å². The lowest BCUT2D eigenvalue weighted by Gasteiger charge is -2.32. The molecule has 0 unspecified atom stereocenters. The van der Waals surface area contributed by atoms with Crippen LogP contribution < -0.4 is 65.5 Å². The Morgan fingerprint density at radius 3 is 1.71 bits per heavy atom. The van der Waals surface area contributed by atoms with Gasteiger partial charge in [0.2, 0.25) is 59.1 Å². The molecule has 11 atom stereocenters. The maximum atomic E-state index is 15.2. The summed E-state index contributed by atoms with van der Waals surface area (Å²) in [6, 6.07) is 7.48. The third kappa shape index (κ3) is 22.9. The molecule has 3 aromatic carbocycles. The number of fused-ring (bicyclic) bond motifs is 1. The van der Waals surface area contributed by atoms with Crippen LogP contribution in [0.1, 0.15) is 110 Å². The fourth-order valence-corrected chi connectivity index (χ4v) is 10.9. The molecule has 1 fully saturated rings. The molecule has 4 aromatic rings. The number of benzene rings is 3. The number of carbonyl (C=O) groups is 11. The number of para-hydroxylation sites is 1. The minimum Gasteiger partial charge on any atom is -0.508 e. The minimum atomic E-state index is -1.88. The molecule has 1 aliphatic heterocycles. The highest BCUT2D eigenvalue weighted by Gasteiger charge is 2.42. The van der Waals surface area contributed by atoms with Crippen LogP contribution in [0.15, 0.2) is 90.1 Å². The molecule has 20 N–H and O–H groups in total. The summed E-state index contributed by atoms with van der Waals surface area (Å²) >= 11 is 0. The number of carboxylic acid groups (broad SMARTS) is 1. The van der Waals surface area contributed by atoms with E-state index in [0.29, 0.717) is 29.5 Å². The number of primary amides is 1. The number of carboxylic acids is 1. The summed E-state index contributed by atoms with van der Waals surface area (Å²) in [5, 5.41) is 53.1. The Labute approximate surface area is 545 Å². The van der Waals surface area contributed by atoms with Gasteiger partial charge in [0, 0.05) is 55.9 Å². The van der Waals surface area contributed by atoms with Gasteiger partial charge >= 0.3 is 5.97 Å². The van der Waals surface area contributed by atoms with Gasteiger partial charge in [-0.2, -0.15) is 0 Å². The number of phenols is 1. The number of hydrogen-bond donors (Lipinski definition) is 16. The molecule has 1 aromatic heterocycles. The quantitative estimate of drug-likeness (QED) is 0.0151. The number of amides is 10. The SMILES string of the molecule is CC(C)C[C@H](N)C(=O)N[C@H](C(=O)N[C@H](C(=O)N[C@@H](Cc1c[nH]c2ccccc12)C(=O)N1CCC[C@H]1C(=O)N[C@@H](Cc1ccc(O)cc1)C(=O)N[C@H](C(=O)N[C@@H](CCC(N)=O)C(=O)N[C@@H](CCCN=C(N)N)C(=O)N[C@@H](Cc1ccccc1)C(=O)O)[C@@H](C)O)C(C)C)C(C)C. The van der Waals surface area contributed by atoms with Crippen LogP contribution in [-0.4, -0.2) is 176 Å². The topological polar surface area (TPSA) is 480 Å². The molecule has 512 valence electrons. The summed E-state index contributed by atoms with van der Waals surface area (Å²) in [6.07, 6.45) is -0.791. The molecule has 29 nitrogen and oxygen atoms in total. The van der Waals surface area contributed by atoms with Crippen molar-refractivity contribution in [1.82, 2.24) is 52.4 Å². The lowest BCUT2D eigenvalue weighted by molar-refractivity contribution is -0.143.